The van der Waals surface area contributed by atoms with Crippen LogP contribution < -0.4 is 10.2 Å². The summed E-state index contributed by atoms with van der Waals surface area (Å²) in [6.07, 6.45) is 1.99. The van der Waals surface area contributed by atoms with E-state index in [0.29, 0.717) is 13.1 Å². The summed E-state index contributed by atoms with van der Waals surface area (Å²) in [4.78, 5) is 29.2. The maximum Gasteiger partial charge on any atom is 0.325 e. The molecule has 3 rings (SSSR count). The highest BCUT2D eigenvalue weighted by Gasteiger charge is 2.30. The molecule has 1 saturated heterocycles. The molecule has 0 spiro atoms. The number of rotatable bonds is 5. The highest BCUT2D eigenvalue weighted by Crippen LogP contribution is 2.21. The van der Waals surface area contributed by atoms with E-state index in [1.165, 1.54) is 0 Å². The van der Waals surface area contributed by atoms with Gasteiger partial charge in [-0.1, -0.05) is 23.8 Å². The van der Waals surface area contributed by atoms with Crippen molar-refractivity contribution in [2.45, 2.75) is 11.8 Å². The maximum atomic E-state index is 12.5. The number of carbonyl (C=O) groups is 2. The SMILES string of the molecule is CSc1cccc(NC(=O)CN2CCN(c3ccc(C)cc3)C2=O)c1. The molecule has 1 aliphatic heterocycles. The third-order valence-corrected chi connectivity index (χ3v) is 4.85. The van der Waals surface area contributed by atoms with Crippen molar-refractivity contribution in [3.63, 3.8) is 0 Å². The lowest BCUT2D eigenvalue weighted by molar-refractivity contribution is -0.116. The summed E-state index contributed by atoms with van der Waals surface area (Å²) < 4.78 is 0. The fourth-order valence-electron chi connectivity index (χ4n) is 2.77. The van der Waals surface area contributed by atoms with Gasteiger partial charge in [0.2, 0.25) is 5.91 Å². The molecule has 1 aliphatic rings. The normalized spacial score (nSPS) is 14.1. The lowest BCUT2D eigenvalue weighted by atomic mass is 10.2. The first-order valence-corrected chi connectivity index (χ1v) is 9.36. The molecule has 25 heavy (non-hydrogen) atoms. The predicted octanol–water partition coefficient (Wildman–Crippen LogP) is 3.60. The van der Waals surface area contributed by atoms with Crippen LogP contribution in [0.3, 0.4) is 0 Å². The minimum absolute atomic E-state index is 0.0602. The molecule has 0 unspecified atom stereocenters. The van der Waals surface area contributed by atoms with Crippen LogP contribution in [0.15, 0.2) is 53.4 Å². The average Bonchev–Trinajstić information content (AvgIpc) is 2.96. The number of aryl methyl sites for hydroxylation is 1. The van der Waals surface area contributed by atoms with E-state index < -0.39 is 0 Å². The summed E-state index contributed by atoms with van der Waals surface area (Å²) in [6.45, 7) is 3.21. The van der Waals surface area contributed by atoms with Gasteiger partial charge in [-0.05, 0) is 43.5 Å². The summed E-state index contributed by atoms with van der Waals surface area (Å²) in [5.74, 6) is -0.183. The van der Waals surface area contributed by atoms with Crippen LogP contribution in [0.5, 0.6) is 0 Å². The first-order valence-electron chi connectivity index (χ1n) is 8.14. The largest absolute Gasteiger partial charge is 0.325 e. The van der Waals surface area contributed by atoms with Crippen LogP contribution in [0, 0.1) is 6.92 Å². The molecule has 0 atom stereocenters. The summed E-state index contributed by atoms with van der Waals surface area (Å²) in [7, 11) is 0. The van der Waals surface area contributed by atoms with E-state index in [9.17, 15) is 9.59 Å². The first-order chi connectivity index (χ1) is 12.1. The molecule has 1 N–H and O–H groups in total. The maximum absolute atomic E-state index is 12.5. The molecule has 0 aliphatic carbocycles. The number of amides is 3. The molecule has 0 aromatic heterocycles. The Kier molecular flexibility index (Phi) is 5.28. The molecule has 130 valence electrons. The highest BCUT2D eigenvalue weighted by molar-refractivity contribution is 7.98. The van der Waals surface area contributed by atoms with Crippen LogP contribution in [-0.2, 0) is 4.79 Å². The van der Waals surface area contributed by atoms with Crippen LogP contribution in [0.25, 0.3) is 0 Å². The van der Waals surface area contributed by atoms with Crippen molar-refractivity contribution in [3.05, 3.63) is 54.1 Å². The number of hydrogen-bond acceptors (Lipinski definition) is 3. The van der Waals surface area contributed by atoms with Gasteiger partial charge in [0, 0.05) is 29.4 Å². The fraction of sp³-hybridized carbons (Fsp3) is 0.263. The molecule has 2 aromatic rings. The number of benzene rings is 2. The third-order valence-electron chi connectivity index (χ3n) is 4.13. The van der Waals surface area contributed by atoms with Crippen LogP contribution in [0.4, 0.5) is 16.2 Å². The Bertz CT molecular complexity index is 776. The molecule has 6 heteroatoms. The topological polar surface area (TPSA) is 52.7 Å². The van der Waals surface area contributed by atoms with E-state index in [1.807, 2.05) is 61.7 Å². The summed E-state index contributed by atoms with van der Waals surface area (Å²) in [6, 6.07) is 15.4. The van der Waals surface area contributed by atoms with E-state index in [4.69, 9.17) is 0 Å². The average molecular weight is 355 g/mol. The summed E-state index contributed by atoms with van der Waals surface area (Å²) in [5.41, 5.74) is 2.77. The van der Waals surface area contributed by atoms with E-state index in [0.717, 1.165) is 21.8 Å². The van der Waals surface area contributed by atoms with Crippen molar-refractivity contribution in [1.82, 2.24) is 4.90 Å². The number of thioether (sulfide) groups is 1. The second-order valence-corrected chi connectivity index (χ2v) is 6.85. The van der Waals surface area contributed by atoms with Gasteiger partial charge in [-0.2, -0.15) is 0 Å². The zero-order valence-electron chi connectivity index (χ0n) is 14.4. The summed E-state index contributed by atoms with van der Waals surface area (Å²) >= 11 is 1.62. The number of nitrogens with zero attached hydrogens (tertiary/aromatic N) is 2. The fourth-order valence-corrected chi connectivity index (χ4v) is 3.23. The Morgan fingerprint density at radius 2 is 1.92 bits per heavy atom. The number of hydrogen-bond donors (Lipinski definition) is 1. The minimum Gasteiger partial charge on any atom is -0.325 e. The van der Waals surface area contributed by atoms with Crippen molar-refractivity contribution in [1.29, 1.82) is 0 Å². The Morgan fingerprint density at radius 1 is 1.16 bits per heavy atom. The standard InChI is InChI=1S/C19H21N3O2S/c1-14-6-8-16(9-7-14)22-11-10-21(19(22)24)13-18(23)20-15-4-3-5-17(12-15)25-2/h3-9,12H,10-11,13H2,1-2H3,(H,20,23). The van der Waals surface area contributed by atoms with Gasteiger partial charge in [0.1, 0.15) is 6.54 Å². The van der Waals surface area contributed by atoms with Crippen molar-refractivity contribution in [2.24, 2.45) is 0 Å². The second kappa shape index (κ2) is 7.61. The van der Waals surface area contributed by atoms with Crippen LogP contribution in [0.2, 0.25) is 0 Å². The monoisotopic (exact) mass is 355 g/mol. The lowest BCUT2D eigenvalue weighted by Gasteiger charge is -2.18. The molecular weight excluding hydrogens is 334 g/mol. The molecular formula is C19H21N3O2S. The van der Waals surface area contributed by atoms with Crippen molar-refractivity contribution in [2.75, 3.05) is 36.1 Å². The van der Waals surface area contributed by atoms with E-state index in [2.05, 4.69) is 5.32 Å². The molecule has 0 saturated carbocycles. The van der Waals surface area contributed by atoms with Crippen LogP contribution in [0.1, 0.15) is 5.56 Å². The molecule has 2 aromatic carbocycles. The zero-order chi connectivity index (χ0) is 17.8. The van der Waals surface area contributed by atoms with E-state index in [-0.39, 0.29) is 18.5 Å². The van der Waals surface area contributed by atoms with Gasteiger partial charge in [-0.3, -0.25) is 9.69 Å². The zero-order valence-corrected chi connectivity index (χ0v) is 15.2. The van der Waals surface area contributed by atoms with Gasteiger partial charge >= 0.3 is 6.03 Å². The van der Waals surface area contributed by atoms with Crippen molar-refractivity contribution < 1.29 is 9.59 Å². The Hall–Kier alpha value is -2.47. The minimum atomic E-state index is -0.183. The Morgan fingerprint density at radius 3 is 2.64 bits per heavy atom. The molecule has 1 fully saturated rings. The summed E-state index contributed by atoms with van der Waals surface area (Å²) in [5, 5.41) is 2.86. The smallest absolute Gasteiger partial charge is 0.325 e. The van der Waals surface area contributed by atoms with Gasteiger partial charge in [0.25, 0.3) is 0 Å². The first kappa shape index (κ1) is 17.4. The molecule has 3 amide bonds. The number of urea groups is 1. The Balaban J connectivity index is 1.60. The molecule has 0 radical (unpaired) electrons. The molecule has 5 nitrogen and oxygen atoms in total. The Labute approximate surface area is 152 Å². The highest BCUT2D eigenvalue weighted by atomic mass is 32.2. The number of carbonyl (C=O) groups excluding carboxylic acids is 2. The van der Waals surface area contributed by atoms with Crippen LogP contribution >= 0.6 is 11.8 Å². The van der Waals surface area contributed by atoms with Gasteiger partial charge < -0.3 is 10.2 Å². The van der Waals surface area contributed by atoms with E-state index in [1.54, 1.807) is 21.6 Å². The van der Waals surface area contributed by atoms with Crippen molar-refractivity contribution >= 4 is 35.1 Å². The van der Waals surface area contributed by atoms with Gasteiger partial charge in [-0.15, -0.1) is 11.8 Å². The number of anilines is 2. The van der Waals surface area contributed by atoms with Crippen LogP contribution in [-0.4, -0.2) is 42.7 Å². The third kappa shape index (κ3) is 4.14. The second-order valence-electron chi connectivity index (χ2n) is 5.97. The van der Waals surface area contributed by atoms with Gasteiger partial charge in [0.15, 0.2) is 0 Å². The molecule has 0 bridgehead atoms. The van der Waals surface area contributed by atoms with Crippen molar-refractivity contribution in [3.8, 4) is 0 Å². The predicted molar refractivity (Wildman–Crippen MR) is 102 cm³/mol. The van der Waals surface area contributed by atoms with E-state index >= 15 is 0 Å². The quantitative estimate of drug-likeness (QED) is 0.834. The molecule has 1 heterocycles. The number of nitrogens with one attached hydrogen (secondary N) is 1. The lowest BCUT2D eigenvalue weighted by Crippen LogP contribution is -2.37. The van der Waals surface area contributed by atoms with Gasteiger partial charge in [0.05, 0.1) is 0 Å². The van der Waals surface area contributed by atoms with Gasteiger partial charge in [-0.25, -0.2) is 4.79 Å².